The first-order chi connectivity index (χ1) is 27.0. The Labute approximate surface area is 324 Å². The standard InChI is InChI=1S/C43H50O13/c1-2-3-4-5-6-7-8-9-10-11-12-13-14-15-16-17-18-19-20-21-35(48)53-27-34-37(49)39(51)40(52)43(55-34)56-42-38(50)36-32(47)25-29(44)26-33(36)54-41(42)28-22-23-30(45)31(46)24-28/h3-4,6-7,9-10,12-13,15-16,18-19,22-26,34,37,39-40,43-47,49,51-52H,2,5,8,11,14,17,20-21,27H2,1H3/b4-3-,7-6-,10-9-,13-12-,16-15-,19-18-/t34-,37-,39+,40-,43+/m1/s1. The predicted octanol–water partition coefficient (Wildman–Crippen LogP) is 6.49. The van der Waals surface area contributed by atoms with E-state index in [0.717, 1.165) is 56.4 Å². The zero-order valence-electron chi connectivity index (χ0n) is 31.1. The predicted molar refractivity (Wildman–Crippen MR) is 210 cm³/mol. The van der Waals surface area contributed by atoms with Crippen molar-refractivity contribution in [1.29, 1.82) is 0 Å². The number of aliphatic hydroxyl groups excluding tert-OH is 3. The number of phenols is 4. The van der Waals surface area contributed by atoms with Crippen LogP contribution in [0.2, 0.25) is 0 Å². The SMILES string of the molecule is CC/C=C\C/C=C\C/C=C\C/C=C\C/C=C\C/C=C\CCC(=O)OC[C@H]1O[C@@H](Oc2c(-c3ccc(O)c(O)c3)oc3cc(O)cc(O)c3c2=O)[C@H](O)[C@@H](O)[C@@H]1O. The summed E-state index contributed by atoms with van der Waals surface area (Å²) in [5, 5.41) is 71.9. The monoisotopic (exact) mass is 774 g/mol. The van der Waals surface area contributed by atoms with Gasteiger partial charge in [-0.25, -0.2) is 0 Å². The van der Waals surface area contributed by atoms with E-state index in [4.69, 9.17) is 18.6 Å². The van der Waals surface area contributed by atoms with Gasteiger partial charge in [-0.15, -0.1) is 0 Å². The molecule has 1 fully saturated rings. The molecule has 1 aliphatic heterocycles. The molecule has 7 N–H and O–H groups in total. The average Bonchev–Trinajstić information content (AvgIpc) is 3.17. The normalized spacial score (nSPS) is 20.5. The highest BCUT2D eigenvalue weighted by molar-refractivity contribution is 5.88. The molecule has 56 heavy (non-hydrogen) atoms. The van der Waals surface area contributed by atoms with Crippen LogP contribution < -0.4 is 10.2 Å². The molecule has 0 bridgehead atoms. The van der Waals surface area contributed by atoms with Crippen molar-refractivity contribution in [1.82, 2.24) is 0 Å². The number of carbonyl (C=O) groups is 1. The second-order valence-electron chi connectivity index (χ2n) is 12.9. The van der Waals surface area contributed by atoms with E-state index in [0.29, 0.717) is 12.8 Å². The third kappa shape index (κ3) is 12.5. The first kappa shape index (κ1) is 43.1. The maximum absolute atomic E-state index is 13.7. The highest BCUT2D eigenvalue weighted by Gasteiger charge is 2.46. The van der Waals surface area contributed by atoms with Crippen LogP contribution in [0.1, 0.15) is 58.3 Å². The molecule has 2 heterocycles. The maximum Gasteiger partial charge on any atom is 0.306 e. The average molecular weight is 775 g/mol. The number of allylic oxidation sites excluding steroid dienone is 12. The number of rotatable bonds is 19. The van der Waals surface area contributed by atoms with Crippen molar-refractivity contribution < 1.29 is 59.2 Å². The van der Waals surface area contributed by atoms with Crippen molar-refractivity contribution in [2.75, 3.05) is 6.61 Å². The third-order valence-electron chi connectivity index (χ3n) is 8.58. The van der Waals surface area contributed by atoms with Gasteiger partial charge in [0.25, 0.3) is 0 Å². The Morgan fingerprint density at radius 1 is 0.714 bits per heavy atom. The molecule has 0 radical (unpaired) electrons. The second kappa shape index (κ2) is 22.1. The fraction of sp³-hybridized carbons (Fsp3) is 0.349. The summed E-state index contributed by atoms with van der Waals surface area (Å²) in [6.45, 7) is 1.59. The van der Waals surface area contributed by atoms with Crippen molar-refractivity contribution in [3.05, 3.63) is 113 Å². The lowest BCUT2D eigenvalue weighted by atomic mass is 9.99. The molecule has 3 aromatic rings. The van der Waals surface area contributed by atoms with Gasteiger partial charge in [0.2, 0.25) is 17.5 Å². The maximum atomic E-state index is 13.7. The van der Waals surface area contributed by atoms with E-state index in [9.17, 15) is 45.3 Å². The van der Waals surface area contributed by atoms with Crippen molar-refractivity contribution in [3.8, 4) is 40.1 Å². The van der Waals surface area contributed by atoms with E-state index in [1.807, 2.05) is 18.2 Å². The van der Waals surface area contributed by atoms with Crippen molar-refractivity contribution >= 4 is 16.9 Å². The van der Waals surface area contributed by atoms with Crippen LogP contribution in [-0.2, 0) is 14.3 Å². The van der Waals surface area contributed by atoms with Crippen molar-refractivity contribution in [3.63, 3.8) is 0 Å². The van der Waals surface area contributed by atoms with E-state index in [1.54, 1.807) is 0 Å². The Morgan fingerprint density at radius 2 is 1.30 bits per heavy atom. The third-order valence-corrected chi connectivity index (χ3v) is 8.58. The molecule has 13 nitrogen and oxygen atoms in total. The van der Waals surface area contributed by atoms with Crippen LogP contribution in [0.25, 0.3) is 22.3 Å². The van der Waals surface area contributed by atoms with Crippen LogP contribution in [0, 0.1) is 0 Å². The topological polar surface area (TPSA) is 217 Å². The number of fused-ring (bicyclic) bond motifs is 1. The van der Waals surface area contributed by atoms with Crippen LogP contribution in [-0.4, -0.2) is 79.0 Å². The van der Waals surface area contributed by atoms with Gasteiger partial charge < -0.3 is 54.4 Å². The molecular weight excluding hydrogens is 724 g/mol. The minimum atomic E-state index is -1.92. The van der Waals surface area contributed by atoms with E-state index < -0.39 is 82.8 Å². The molecule has 0 unspecified atom stereocenters. The number of phenolic OH excluding ortho intramolecular Hbond substituents is 4. The Bertz CT molecular complexity index is 1990. The van der Waals surface area contributed by atoms with Gasteiger partial charge in [0.1, 0.15) is 53.5 Å². The number of hydrogen-bond acceptors (Lipinski definition) is 13. The van der Waals surface area contributed by atoms with Crippen LogP contribution >= 0.6 is 0 Å². The number of ether oxygens (including phenoxy) is 3. The molecule has 0 saturated carbocycles. The van der Waals surface area contributed by atoms with E-state index in [1.165, 1.54) is 6.07 Å². The lowest BCUT2D eigenvalue weighted by molar-refractivity contribution is -0.278. The van der Waals surface area contributed by atoms with Crippen LogP contribution in [0.4, 0.5) is 0 Å². The van der Waals surface area contributed by atoms with Crippen molar-refractivity contribution in [2.45, 2.75) is 89.0 Å². The molecule has 13 heteroatoms. The van der Waals surface area contributed by atoms with Gasteiger partial charge in [-0.3, -0.25) is 9.59 Å². The van der Waals surface area contributed by atoms with E-state index in [-0.39, 0.29) is 23.3 Å². The Balaban J connectivity index is 1.27. The van der Waals surface area contributed by atoms with E-state index in [2.05, 4.69) is 61.6 Å². The van der Waals surface area contributed by atoms with E-state index >= 15 is 0 Å². The molecule has 0 aliphatic carbocycles. The van der Waals surface area contributed by atoms with Gasteiger partial charge in [-0.1, -0.05) is 79.8 Å². The van der Waals surface area contributed by atoms with Gasteiger partial charge in [0.15, 0.2) is 17.3 Å². The fourth-order valence-electron chi connectivity index (χ4n) is 5.59. The molecule has 0 spiro atoms. The molecule has 5 atom stereocenters. The lowest BCUT2D eigenvalue weighted by Crippen LogP contribution is -2.60. The highest BCUT2D eigenvalue weighted by atomic mass is 16.7. The van der Waals surface area contributed by atoms with Crippen LogP contribution in [0.5, 0.6) is 28.7 Å². The Kier molecular flexibility index (Phi) is 17.0. The molecule has 0 amide bonds. The smallest absolute Gasteiger partial charge is 0.306 e. The Morgan fingerprint density at radius 3 is 1.89 bits per heavy atom. The molecule has 1 saturated heterocycles. The summed E-state index contributed by atoms with van der Waals surface area (Å²) in [5.41, 5.74) is -1.25. The molecule has 1 aliphatic rings. The minimum Gasteiger partial charge on any atom is -0.508 e. The zero-order chi connectivity index (χ0) is 40.5. The van der Waals surface area contributed by atoms with Crippen LogP contribution in [0.3, 0.4) is 0 Å². The highest BCUT2D eigenvalue weighted by Crippen LogP contribution is 2.39. The second-order valence-corrected chi connectivity index (χ2v) is 12.9. The lowest BCUT2D eigenvalue weighted by Gasteiger charge is -2.39. The fourth-order valence-corrected chi connectivity index (χ4v) is 5.59. The molecule has 2 aromatic carbocycles. The number of hydrogen-bond donors (Lipinski definition) is 7. The summed E-state index contributed by atoms with van der Waals surface area (Å²) in [4.78, 5) is 26.1. The molecule has 4 rings (SSSR count). The summed E-state index contributed by atoms with van der Waals surface area (Å²) in [7, 11) is 0. The first-order valence-corrected chi connectivity index (χ1v) is 18.5. The molecule has 300 valence electrons. The van der Waals surface area contributed by atoms with Gasteiger partial charge in [0, 0.05) is 24.1 Å². The largest absolute Gasteiger partial charge is 0.508 e. The van der Waals surface area contributed by atoms with Crippen LogP contribution in [0.15, 0.2) is 112 Å². The number of aromatic hydroxyl groups is 4. The number of aliphatic hydroxyl groups is 3. The number of esters is 1. The quantitative estimate of drug-likeness (QED) is 0.0394. The summed E-state index contributed by atoms with van der Waals surface area (Å²) in [6.07, 6.45) is 22.1. The van der Waals surface area contributed by atoms with Crippen molar-refractivity contribution in [2.24, 2.45) is 0 Å². The summed E-state index contributed by atoms with van der Waals surface area (Å²) in [6, 6.07) is 5.38. The number of carbonyl (C=O) groups excluding carboxylic acids is 1. The minimum absolute atomic E-state index is 0.000373. The van der Waals surface area contributed by atoms with Gasteiger partial charge in [-0.05, 0) is 63.1 Å². The van der Waals surface area contributed by atoms with Gasteiger partial charge >= 0.3 is 5.97 Å². The number of benzene rings is 2. The molecule has 1 aromatic heterocycles. The van der Waals surface area contributed by atoms with Gasteiger partial charge in [-0.2, -0.15) is 0 Å². The summed E-state index contributed by atoms with van der Waals surface area (Å²) in [5.74, 6) is -3.77. The van der Waals surface area contributed by atoms with Gasteiger partial charge in [0.05, 0.1) is 0 Å². The Hall–Kier alpha value is -5.60. The zero-order valence-corrected chi connectivity index (χ0v) is 31.1. The summed E-state index contributed by atoms with van der Waals surface area (Å²) >= 11 is 0. The first-order valence-electron chi connectivity index (χ1n) is 18.5. The summed E-state index contributed by atoms with van der Waals surface area (Å²) < 4.78 is 22.5. The molecular formula is C43H50O13.